The lowest BCUT2D eigenvalue weighted by Gasteiger charge is -2.21. The van der Waals surface area contributed by atoms with Gasteiger partial charge in [-0.05, 0) is 51.3 Å². The smallest absolute Gasteiger partial charge is 0.162 e. The molecule has 3 heteroatoms. The van der Waals surface area contributed by atoms with Gasteiger partial charge in [0, 0.05) is 12.1 Å². The van der Waals surface area contributed by atoms with Crippen LogP contribution in [0.5, 0.6) is 11.5 Å². The molecule has 1 heterocycles. The quantitative estimate of drug-likeness (QED) is 0.888. The minimum absolute atomic E-state index is 0.311. The van der Waals surface area contributed by atoms with Crippen LogP contribution < -0.4 is 4.74 Å². The molecule has 0 spiro atoms. The molecule has 1 N–H and O–H groups in total. The highest BCUT2D eigenvalue weighted by atomic mass is 16.5. The van der Waals surface area contributed by atoms with Gasteiger partial charge in [0.2, 0.25) is 0 Å². The molecule has 0 amide bonds. The summed E-state index contributed by atoms with van der Waals surface area (Å²) in [4.78, 5) is 2.46. The molecule has 3 nitrogen and oxygen atoms in total. The summed E-state index contributed by atoms with van der Waals surface area (Å²) in [5, 5.41) is 10.3. The second-order valence-electron chi connectivity index (χ2n) is 5.68. The molecule has 1 aromatic carbocycles. The van der Waals surface area contributed by atoms with Gasteiger partial charge in [0.1, 0.15) is 0 Å². The van der Waals surface area contributed by atoms with E-state index in [-0.39, 0.29) is 0 Å². The van der Waals surface area contributed by atoms with Crippen LogP contribution in [0.3, 0.4) is 0 Å². The molecular weight excluding hydrogens is 250 g/mol. The van der Waals surface area contributed by atoms with Crippen LogP contribution in [0.1, 0.15) is 45.1 Å². The highest BCUT2D eigenvalue weighted by Gasteiger charge is 2.17. The van der Waals surface area contributed by atoms with Gasteiger partial charge in [-0.2, -0.15) is 0 Å². The Bertz CT molecular complexity index is 419. The normalized spacial score (nSPS) is 20.6. The van der Waals surface area contributed by atoms with Gasteiger partial charge in [0.25, 0.3) is 0 Å². The number of ether oxygens (including phenoxy) is 1. The van der Waals surface area contributed by atoms with E-state index >= 15 is 0 Å². The molecule has 0 aliphatic carbocycles. The Balaban J connectivity index is 2.00. The zero-order chi connectivity index (χ0) is 14.4. The Morgan fingerprint density at radius 3 is 2.85 bits per heavy atom. The number of aromatic hydroxyl groups is 1. The minimum Gasteiger partial charge on any atom is -0.504 e. The first-order valence-corrected chi connectivity index (χ1v) is 7.90. The van der Waals surface area contributed by atoms with Crippen LogP contribution >= 0.6 is 0 Å². The number of para-hydroxylation sites is 1. The van der Waals surface area contributed by atoms with Gasteiger partial charge in [-0.25, -0.2) is 0 Å². The predicted molar refractivity (Wildman–Crippen MR) is 82.2 cm³/mol. The number of nitrogens with zero attached hydrogens (tertiary/aromatic N) is 1. The molecule has 1 aliphatic heterocycles. The largest absolute Gasteiger partial charge is 0.504 e. The van der Waals surface area contributed by atoms with E-state index in [1.807, 2.05) is 25.1 Å². The molecule has 20 heavy (non-hydrogen) atoms. The van der Waals surface area contributed by atoms with Gasteiger partial charge in [-0.15, -0.1) is 0 Å². The van der Waals surface area contributed by atoms with Crippen molar-refractivity contribution in [1.29, 1.82) is 0 Å². The highest BCUT2D eigenvalue weighted by molar-refractivity contribution is 5.45. The SMILES string of the molecule is CCOc1cccc(CN2CCCC(CC)CC2)c1O. The number of benzene rings is 1. The fourth-order valence-electron chi connectivity index (χ4n) is 3.00. The molecule has 1 aromatic rings. The third-order valence-corrected chi connectivity index (χ3v) is 4.29. The molecule has 0 saturated carbocycles. The number of hydrogen-bond acceptors (Lipinski definition) is 3. The van der Waals surface area contributed by atoms with Crippen molar-refractivity contribution in [3.05, 3.63) is 23.8 Å². The number of phenols is 1. The number of hydrogen-bond donors (Lipinski definition) is 1. The Morgan fingerprint density at radius 1 is 1.25 bits per heavy atom. The van der Waals surface area contributed by atoms with Gasteiger partial charge >= 0.3 is 0 Å². The standard InChI is InChI=1S/C17H27NO2/c1-3-14-7-6-11-18(12-10-14)13-15-8-5-9-16(17(15)19)20-4-2/h5,8-9,14,19H,3-4,6-7,10-13H2,1-2H3. The summed E-state index contributed by atoms with van der Waals surface area (Å²) in [6.07, 6.45) is 5.18. The van der Waals surface area contributed by atoms with E-state index in [9.17, 15) is 5.11 Å². The topological polar surface area (TPSA) is 32.7 Å². The van der Waals surface area contributed by atoms with Crippen molar-refractivity contribution in [2.75, 3.05) is 19.7 Å². The first-order valence-electron chi connectivity index (χ1n) is 7.90. The summed E-state index contributed by atoms with van der Waals surface area (Å²) in [5.41, 5.74) is 0.978. The second-order valence-corrected chi connectivity index (χ2v) is 5.68. The predicted octanol–water partition coefficient (Wildman–Crippen LogP) is 3.80. The number of rotatable bonds is 5. The lowest BCUT2D eigenvalue weighted by Crippen LogP contribution is -2.24. The first-order chi connectivity index (χ1) is 9.74. The van der Waals surface area contributed by atoms with E-state index in [1.54, 1.807) is 0 Å². The van der Waals surface area contributed by atoms with Crippen LogP contribution in [-0.2, 0) is 6.54 Å². The molecular formula is C17H27NO2. The van der Waals surface area contributed by atoms with Gasteiger partial charge in [0.05, 0.1) is 6.61 Å². The second kappa shape index (κ2) is 7.53. The molecule has 1 fully saturated rings. The van der Waals surface area contributed by atoms with Crippen LogP contribution in [0.2, 0.25) is 0 Å². The van der Waals surface area contributed by atoms with Crippen LogP contribution in [0, 0.1) is 5.92 Å². The molecule has 1 aliphatic rings. The van der Waals surface area contributed by atoms with Crippen molar-refractivity contribution in [2.24, 2.45) is 5.92 Å². The van der Waals surface area contributed by atoms with Gasteiger partial charge in [-0.3, -0.25) is 4.90 Å². The zero-order valence-electron chi connectivity index (χ0n) is 12.8. The summed E-state index contributed by atoms with van der Waals surface area (Å²) in [7, 11) is 0. The third-order valence-electron chi connectivity index (χ3n) is 4.29. The van der Waals surface area contributed by atoms with Crippen LogP contribution in [0.25, 0.3) is 0 Å². The monoisotopic (exact) mass is 277 g/mol. The van der Waals surface area contributed by atoms with Crippen molar-refractivity contribution >= 4 is 0 Å². The first kappa shape index (κ1) is 15.2. The van der Waals surface area contributed by atoms with Crippen molar-refractivity contribution < 1.29 is 9.84 Å². The van der Waals surface area contributed by atoms with E-state index < -0.39 is 0 Å². The lowest BCUT2D eigenvalue weighted by atomic mass is 9.98. The van der Waals surface area contributed by atoms with Crippen LogP contribution in [0.4, 0.5) is 0 Å². The maximum atomic E-state index is 10.3. The Labute approximate surface area is 122 Å². The average Bonchev–Trinajstić information content (AvgIpc) is 2.68. The maximum absolute atomic E-state index is 10.3. The molecule has 0 aromatic heterocycles. The summed E-state index contributed by atoms with van der Waals surface area (Å²) >= 11 is 0. The Morgan fingerprint density at radius 2 is 2.10 bits per heavy atom. The van der Waals surface area contributed by atoms with E-state index in [2.05, 4.69) is 11.8 Å². The fourth-order valence-corrected chi connectivity index (χ4v) is 3.00. The van der Waals surface area contributed by atoms with Crippen molar-refractivity contribution in [3.8, 4) is 11.5 Å². The van der Waals surface area contributed by atoms with Crippen LogP contribution in [-0.4, -0.2) is 29.7 Å². The zero-order valence-corrected chi connectivity index (χ0v) is 12.8. The molecule has 2 rings (SSSR count). The molecule has 0 radical (unpaired) electrons. The summed E-state index contributed by atoms with van der Waals surface area (Å²) in [6.45, 7) is 7.90. The third kappa shape index (κ3) is 3.89. The molecule has 1 unspecified atom stereocenters. The maximum Gasteiger partial charge on any atom is 0.162 e. The molecule has 112 valence electrons. The molecule has 1 saturated heterocycles. The Kier molecular flexibility index (Phi) is 5.72. The highest BCUT2D eigenvalue weighted by Crippen LogP contribution is 2.31. The number of likely N-dealkylation sites (tertiary alicyclic amines) is 1. The van der Waals surface area contributed by atoms with E-state index in [0.717, 1.165) is 31.1 Å². The van der Waals surface area contributed by atoms with Crippen molar-refractivity contribution in [3.63, 3.8) is 0 Å². The summed E-state index contributed by atoms with van der Waals surface area (Å²) < 4.78 is 5.46. The van der Waals surface area contributed by atoms with E-state index in [1.165, 1.54) is 25.7 Å². The minimum atomic E-state index is 0.311. The van der Waals surface area contributed by atoms with Crippen molar-refractivity contribution in [1.82, 2.24) is 4.90 Å². The number of phenolic OH excluding ortho intramolecular Hbond substituents is 1. The van der Waals surface area contributed by atoms with E-state index in [0.29, 0.717) is 18.1 Å². The van der Waals surface area contributed by atoms with Crippen LogP contribution in [0.15, 0.2) is 18.2 Å². The summed E-state index contributed by atoms with van der Waals surface area (Å²) in [6, 6.07) is 5.80. The average molecular weight is 277 g/mol. The van der Waals surface area contributed by atoms with Gasteiger partial charge in [0.15, 0.2) is 11.5 Å². The Hall–Kier alpha value is -1.22. The fraction of sp³-hybridized carbons (Fsp3) is 0.647. The molecule has 0 bridgehead atoms. The summed E-state index contributed by atoms with van der Waals surface area (Å²) in [5.74, 6) is 1.79. The van der Waals surface area contributed by atoms with Gasteiger partial charge in [-0.1, -0.05) is 25.5 Å². The lowest BCUT2D eigenvalue weighted by molar-refractivity contribution is 0.264. The van der Waals surface area contributed by atoms with Crippen molar-refractivity contribution in [2.45, 2.75) is 46.1 Å². The molecule has 1 atom stereocenters. The van der Waals surface area contributed by atoms with Gasteiger partial charge < -0.3 is 9.84 Å². The van der Waals surface area contributed by atoms with E-state index in [4.69, 9.17) is 4.74 Å².